The van der Waals surface area contributed by atoms with Crippen LogP contribution in [0.5, 0.6) is 0 Å². The Labute approximate surface area is 171 Å². The van der Waals surface area contributed by atoms with Gasteiger partial charge in [0, 0.05) is 52.3 Å². The standard InChI is InChI=1S/C21H41N3O4/c1-21(2)16-24(5)13-19(28-21)10-18-12-23(4)11-17(27-18)6-8-25-15-20-14-22(3)7-9-26-20/h17-20H,6-16H2,1-5H3. The van der Waals surface area contributed by atoms with E-state index < -0.39 is 0 Å². The zero-order valence-electron chi connectivity index (χ0n) is 18.6. The molecule has 7 heteroatoms. The fraction of sp³-hybridized carbons (Fsp3) is 1.00. The van der Waals surface area contributed by atoms with Gasteiger partial charge >= 0.3 is 0 Å². The first-order chi connectivity index (χ1) is 13.3. The molecular weight excluding hydrogens is 358 g/mol. The summed E-state index contributed by atoms with van der Waals surface area (Å²) in [4.78, 5) is 7.06. The van der Waals surface area contributed by atoms with Gasteiger partial charge in [-0.3, -0.25) is 0 Å². The van der Waals surface area contributed by atoms with Gasteiger partial charge in [-0.1, -0.05) is 0 Å². The van der Waals surface area contributed by atoms with Crippen molar-refractivity contribution in [1.29, 1.82) is 0 Å². The molecule has 28 heavy (non-hydrogen) atoms. The van der Waals surface area contributed by atoms with Crippen LogP contribution in [0.1, 0.15) is 26.7 Å². The summed E-state index contributed by atoms with van der Waals surface area (Å²) < 4.78 is 24.4. The van der Waals surface area contributed by atoms with E-state index in [1.54, 1.807) is 0 Å². The summed E-state index contributed by atoms with van der Waals surface area (Å²) in [5.74, 6) is 0. The Morgan fingerprint density at radius 1 is 0.893 bits per heavy atom. The summed E-state index contributed by atoms with van der Waals surface area (Å²) >= 11 is 0. The molecule has 0 saturated carbocycles. The van der Waals surface area contributed by atoms with Gasteiger partial charge in [-0.25, -0.2) is 0 Å². The van der Waals surface area contributed by atoms with Crippen molar-refractivity contribution < 1.29 is 18.9 Å². The molecule has 164 valence electrons. The number of rotatable bonds is 7. The van der Waals surface area contributed by atoms with Gasteiger partial charge in [-0.2, -0.15) is 0 Å². The van der Waals surface area contributed by atoms with Crippen LogP contribution in [0.2, 0.25) is 0 Å². The van der Waals surface area contributed by atoms with E-state index >= 15 is 0 Å². The summed E-state index contributed by atoms with van der Waals surface area (Å²) in [6, 6.07) is 0. The first-order valence-corrected chi connectivity index (χ1v) is 10.9. The zero-order chi connectivity index (χ0) is 20.1. The Morgan fingerprint density at radius 3 is 2.36 bits per heavy atom. The lowest BCUT2D eigenvalue weighted by Crippen LogP contribution is -2.54. The van der Waals surface area contributed by atoms with E-state index in [-0.39, 0.29) is 30.0 Å². The van der Waals surface area contributed by atoms with Crippen molar-refractivity contribution >= 4 is 0 Å². The second-order valence-electron chi connectivity index (χ2n) is 9.65. The average molecular weight is 400 g/mol. The maximum Gasteiger partial charge on any atom is 0.0935 e. The van der Waals surface area contributed by atoms with Crippen LogP contribution >= 0.6 is 0 Å². The third-order valence-corrected chi connectivity index (χ3v) is 5.82. The molecule has 0 spiro atoms. The van der Waals surface area contributed by atoms with Gasteiger partial charge < -0.3 is 33.6 Å². The molecular formula is C21H41N3O4. The highest BCUT2D eigenvalue weighted by Crippen LogP contribution is 2.25. The SMILES string of the molecule is CN1CCOC(COCCC2CN(C)CC(CC3CN(C)CC(C)(C)O3)O2)C1. The Balaban J connectivity index is 1.38. The molecule has 0 bridgehead atoms. The Kier molecular flexibility index (Phi) is 8.13. The van der Waals surface area contributed by atoms with Gasteiger partial charge in [0.2, 0.25) is 0 Å². The molecule has 4 unspecified atom stereocenters. The van der Waals surface area contributed by atoms with Crippen molar-refractivity contribution in [3.05, 3.63) is 0 Å². The van der Waals surface area contributed by atoms with Crippen LogP contribution in [0.4, 0.5) is 0 Å². The van der Waals surface area contributed by atoms with Crippen LogP contribution in [0.25, 0.3) is 0 Å². The van der Waals surface area contributed by atoms with Crippen LogP contribution < -0.4 is 0 Å². The van der Waals surface area contributed by atoms with Gasteiger partial charge in [-0.05, 0) is 41.4 Å². The van der Waals surface area contributed by atoms with Crippen LogP contribution in [0.15, 0.2) is 0 Å². The highest BCUT2D eigenvalue weighted by Gasteiger charge is 2.35. The minimum Gasteiger partial charge on any atom is -0.379 e. The van der Waals surface area contributed by atoms with E-state index in [0.717, 1.165) is 65.3 Å². The number of likely N-dealkylation sites (N-methyl/N-ethyl adjacent to an activating group) is 3. The summed E-state index contributed by atoms with van der Waals surface area (Å²) in [6.45, 7) is 12.4. The molecule has 7 nitrogen and oxygen atoms in total. The number of morpholine rings is 3. The number of hydrogen-bond donors (Lipinski definition) is 0. The lowest BCUT2D eigenvalue weighted by Gasteiger charge is -2.44. The van der Waals surface area contributed by atoms with E-state index in [1.165, 1.54) is 0 Å². The monoisotopic (exact) mass is 399 g/mol. The topological polar surface area (TPSA) is 46.6 Å². The lowest BCUT2D eigenvalue weighted by molar-refractivity contribution is -0.161. The molecule has 0 aromatic carbocycles. The van der Waals surface area contributed by atoms with Crippen molar-refractivity contribution in [2.24, 2.45) is 0 Å². The molecule has 0 N–H and O–H groups in total. The maximum absolute atomic E-state index is 6.41. The summed E-state index contributed by atoms with van der Waals surface area (Å²) in [6.07, 6.45) is 2.78. The number of nitrogens with zero attached hydrogens (tertiary/aromatic N) is 3. The first-order valence-electron chi connectivity index (χ1n) is 10.9. The van der Waals surface area contributed by atoms with Gasteiger partial charge in [0.25, 0.3) is 0 Å². The van der Waals surface area contributed by atoms with Gasteiger partial charge in [0.1, 0.15) is 0 Å². The minimum absolute atomic E-state index is 0.0826. The second kappa shape index (κ2) is 10.2. The summed E-state index contributed by atoms with van der Waals surface area (Å²) in [5, 5.41) is 0. The smallest absolute Gasteiger partial charge is 0.0935 e. The fourth-order valence-corrected chi connectivity index (χ4v) is 4.82. The maximum atomic E-state index is 6.41. The molecule has 3 saturated heterocycles. The predicted molar refractivity (Wildman–Crippen MR) is 110 cm³/mol. The molecule has 3 rings (SSSR count). The Hall–Kier alpha value is -0.280. The third kappa shape index (κ3) is 7.20. The van der Waals surface area contributed by atoms with Gasteiger partial charge in [-0.15, -0.1) is 0 Å². The van der Waals surface area contributed by atoms with Crippen molar-refractivity contribution in [1.82, 2.24) is 14.7 Å². The highest BCUT2D eigenvalue weighted by molar-refractivity contribution is 4.86. The van der Waals surface area contributed by atoms with E-state index in [2.05, 4.69) is 49.7 Å². The molecule has 0 aliphatic carbocycles. The van der Waals surface area contributed by atoms with Crippen molar-refractivity contribution in [3.63, 3.8) is 0 Å². The highest BCUT2D eigenvalue weighted by atomic mass is 16.5. The molecule has 0 aromatic rings. The zero-order valence-corrected chi connectivity index (χ0v) is 18.6. The van der Waals surface area contributed by atoms with E-state index in [9.17, 15) is 0 Å². The van der Waals surface area contributed by atoms with Crippen LogP contribution in [-0.4, -0.2) is 125 Å². The molecule has 0 amide bonds. The fourth-order valence-electron chi connectivity index (χ4n) is 4.82. The van der Waals surface area contributed by atoms with Gasteiger partial charge in [0.05, 0.1) is 43.2 Å². The van der Waals surface area contributed by atoms with Crippen LogP contribution in [0, 0.1) is 0 Å². The number of hydrogen-bond acceptors (Lipinski definition) is 7. The quantitative estimate of drug-likeness (QED) is 0.590. The predicted octanol–water partition coefficient (Wildman–Crippen LogP) is 0.922. The molecule has 3 aliphatic heterocycles. The second-order valence-corrected chi connectivity index (χ2v) is 9.65. The average Bonchev–Trinajstić information content (AvgIpc) is 2.56. The largest absolute Gasteiger partial charge is 0.379 e. The molecule has 0 radical (unpaired) electrons. The van der Waals surface area contributed by atoms with Gasteiger partial charge in [0.15, 0.2) is 0 Å². The molecule has 4 atom stereocenters. The van der Waals surface area contributed by atoms with Crippen LogP contribution in [-0.2, 0) is 18.9 Å². The first kappa shape index (κ1) is 22.4. The van der Waals surface area contributed by atoms with Crippen molar-refractivity contribution in [2.45, 2.75) is 56.7 Å². The third-order valence-electron chi connectivity index (χ3n) is 5.82. The van der Waals surface area contributed by atoms with Crippen LogP contribution in [0.3, 0.4) is 0 Å². The number of ether oxygens (including phenoxy) is 4. The lowest BCUT2D eigenvalue weighted by atomic mass is 10.0. The summed E-state index contributed by atoms with van der Waals surface area (Å²) in [7, 11) is 6.50. The molecule has 0 aromatic heterocycles. The normalized spacial score (nSPS) is 35.9. The molecule has 3 aliphatic rings. The molecule has 3 fully saturated rings. The van der Waals surface area contributed by atoms with E-state index in [1.807, 2.05) is 0 Å². The summed E-state index contributed by atoms with van der Waals surface area (Å²) in [5.41, 5.74) is -0.0826. The van der Waals surface area contributed by atoms with Crippen molar-refractivity contribution in [3.8, 4) is 0 Å². The molecule has 3 heterocycles. The van der Waals surface area contributed by atoms with Crippen molar-refractivity contribution in [2.75, 3.05) is 80.2 Å². The van der Waals surface area contributed by atoms with E-state index in [4.69, 9.17) is 18.9 Å². The Morgan fingerprint density at radius 2 is 1.61 bits per heavy atom. The van der Waals surface area contributed by atoms with E-state index in [0.29, 0.717) is 6.61 Å². The minimum atomic E-state index is -0.0826. The Bertz CT molecular complexity index is 479.